The smallest absolute Gasteiger partial charge is 1.00 e. The van der Waals surface area contributed by atoms with Gasteiger partial charge in [-0.15, -0.1) is 0 Å². The maximum Gasteiger partial charge on any atom is 2.00 e. The third-order valence-corrected chi connectivity index (χ3v) is 2.60. The summed E-state index contributed by atoms with van der Waals surface area (Å²) < 4.78 is 0. The topological polar surface area (TPSA) is 37.3 Å². The monoisotopic (exact) mass is 260 g/mol. The van der Waals surface area contributed by atoms with Gasteiger partial charge in [0.1, 0.15) is 0 Å². The van der Waals surface area contributed by atoms with Crippen LogP contribution < -0.4 is 0 Å². The number of hydrogen-bond donors (Lipinski definition) is 1. The summed E-state index contributed by atoms with van der Waals surface area (Å²) in [6, 6.07) is 7.78. The molecule has 0 aliphatic carbocycles. The van der Waals surface area contributed by atoms with Crippen molar-refractivity contribution in [3.8, 4) is 0 Å². The molecule has 0 aliphatic rings. The SMILES string of the molecule is CC(C)=CCc1ccc(C(C)C(=O)O)cc1.[Ca+2].[H-].[H-]. The summed E-state index contributed by atoms with van der Waals surface area (Å²) in [6.45, 7) is 5.84. The zero-order valence-corrected chi connectivity index (χ0v) is 12.9. The molecule has 17 heavy (non-hydrogen) atoms. The molecule has 1 atom stereocenters. The van der Waals surface area contributed by atoms with Crippen LogP contribution in [0, 0.1) is 0 Å². The zero-order valence-electron chi connectivity index (χ0n) is 12.7. The number of carboxylic acid groups (broad SMARTS) is 1. The summed E-state index contributed by atoms with van der Waals surface area (Å²) in [6.07, 6.45) is 3.07. The van der Waals surface area contributed by atoms with Gasteiger partial charge in [-0.05, 0) is 38.3 Å². The van der Waals surface area contributed by atoms with E-state index in [1.807, 2.05) is 24.3 Å². The molecule has 1 N–H and O–H groups in total. The molecule has 1 aromatic carbocycles. The van der Waals surface area contributed by atoms with Crippen LogP contribution in [0.2, 0.25) is 0 Å². The molecule has 0 saturated heterocycles. The molecule has 90 valence electrons. The first kappa shape index (κ1) is 16.7. The quantitative estimate of drug-likeness (QED) is 0.666. The molecule has 0 aliphatic heterocycles. The molecule has 0 heterocycles. The van der Waals surface area contributed by atoms with Gasteiger partial charge in [0.15, 0.2) is 0 Å². The van der Waals surface area contributed by atoms with E-state index in [0.29, 0.717) is 0 Å². The Hall–Kier alpha value is -0.310. The largest absolute Gasteiger partial charge is 2.00 e. The molecule has 2 nitrogen and oxygen atoms in total. The minimum absolute atomic E-state index is 0. The molecule has 0 bridgehead atoms. The van der Waals surface area contributed by atoms with Crippen LogP contribution in [-0.4, -0.2) is 48.8 Å². The maximum atomic E-state index is 10.8. The Bertz CT molecular complexity index is 398. The fourth-order valence-electron chi connectivity index (χ4n) is 1.41. The molecule has 1 aromatic rings. The van der Waals surface area contributed by atoms with Crippen molar-refractivity contribution in [3.05, 3.63) is 47.0 Å². The van der Waals surface area contributed by atoms with Crippen LogP contribution in [0.25, 0.3) is 0 Å². The first-order valence-corrected chi connectivity index (χ1v) is 5.45. The number of rotatable bonds is 4. The van der Waals surface area contributed by atoms with Crippen molar-refractivity contribution in [2.45, 2.75) is 33.1 Å². The van der Waals surface area contributed by atoms with Gasteiger partial charge in [0.2, 0.25) is 0 Å². The van der Waals surface area contributed by atoms with Crippen molar-refractivity contribution in [2.24, 2.45) is 0 Å². The summed E-state index contributed by atoms with van der Waals surface area (Å²) in [7, 11) is 0. The van der Waals surface area contributed by atoms with Crippen LogP contribution in [0.4, 0.5) is 0 Å². The Balaban J connectivity index is -0.000000853. The van der Waals surface area contributed by atoms with Gasteiger partial charge in [0.05, 0.1) is 5.92 Å². The van der Waals surface area contributed by atoms with Gasteiger partial charge < -0.3 is 7.96 Å². The number of hydrogen-bond acceptors (Lipinski definition) is 1. The van der Waals surface area contributed by atoms with E-state index in [1.165, 1.54) is 11.1 Å². The van der Waals surface area contributed by atoms with E-state index < -0.39 is 11.9 Å². The molecule has 3 heteroatoms. The third kappa shape index (κ3) is 5.71. The van der Waals surface area contributed by atoms with Crippen LogP contribution >= 0.6 is 0 Å². The molecule has 1 rings (SSSR count). The standard InChI is InChI=1S/C14H18O2.Ca.2H/c1-10(2)4-5-12-6-8-13(9-7-12)11(3)14(15)16;;;/h4,6-9,11H,5H2,1-3H3,(H,15,16);;;/q;+2;2*-1. The van der Waals surface area contributed by atoms with Gasteiger partial charge in [-0.1, -0.05) is 35.9 Å². The van der Waals surface area contributed by atoms with Crippen molar-refractivity contribution in [2.75, 3.05) is 0 Å². The van der Waals surface area contributed by atoms with Crippen molar-refractivity contribution in [1.82, 2.24) is 0 Å². The van der Waals surface area contributed by atoms with Crippen molar-refractivity contribution in [1.29, 1.82) is 0 Å². The molecule has 1 unspecified atom stereocenters. The van der Waals surface area contributed by atoms with Gasteiger partial charge in [0.25, 0.3) is 0 Å². The Morgan fingerprint density at radius 1 is 1.35 bits per heavy atom. The molecule has 0 amide bonds. The van der Waals surface area contributed by atoms with Gasteiger partial charge in [0, 0.05) is 0 Å². The summed E-state index contributed by atoms with van der Waals surface area (Å²) in [5.41, 5.74) is 3.36. The van der Waals surface area contributed by atoms with Crippen LogP contribution in [0.1, 0.15) is 40.7 Å². The van der Waals surface area contributed by atoms with Crippen molar-refractivity contribution >= 4 is 43.7 Å². The summed E-state index contributed by atoms with van der Waals surface area (Å²) >= 11 is 0. The Morgan fingerprint density at radius 3 is 2.29 bits per heavy atom. The van der Waals surface area contributed by atoms with E-state index in [4.69, 9.17) is 5.11 Å². The van der Waals surface area contributed by atoms with Gasteiger partial charge in [-0.2, -0.15) is 0 Å². The summed E-state index contributed by atoms with van der Waals surface area (Å²) in [5, 5.41) is 8.87. The number of carbonyl (C=O) groups is 1. The molecule has 0 aromatic heterocycles. The predicted molar refractivity (Wildman–Crippen MR) is 73.6 cm³/mol. The van der Waals surface area contributed by atoms with Crippen molar-refractivity contribution in [3.63, 3.8) is 0 Å². The second-order valence-electron chi connectivity index (χ2n) is 4.29. The molecular weight excluding hydrogens is 240 g/mol. The average molecular weight is 260 g/mol. The van der Waals surface area contributed by atoms with Crippen LogP contribution in [0.5, 0.6) is 0 Å². The molecule has 0 spiro atoms. The van der Waals surface area contributed by atoms with E-state index in [2.05, 4.69) is 19.9 Å². The predicted octanol–water partition coefficient (Wildman–Crippen LogP) is 3.23. The zero-order chi connectivity index (χ0) is 12.1. The van der Waals surface area contributed by atoms with Crippen molar-refractivity contribution < 1.29 is 12.8 Å². The van der Waals surface area contributed by atoms with E-state index in [0.717, 1.165) is 12.0 Å². The number of aliphatic carboxylic acids is 1. The van der Waals surface area contributed by atoms with Gasteiger partial charge in [-0.25, -0.2) is 0 Å². The van der Waals surface area contributed by atoms with Crippen LogP contribution in [0.15, 0.2) is 35.9 Å². The van der Waals surface area contributed by atoms with Crippen LogP contribution in [-0.2, 0) is 11.2 Å². The van der Waals surface area contributed by atoms with E-state index in [9.17, 15) is 4.79 Å². The van der Waals surface area contributed by atoms with Gasteiger partial charge >= 0.3 is 43.7 Å². The minimum Gasteiger partial charge on any atom is -1.00 e. The fourth-order valence-corrected chi connectivity index (χ4v) is 1.41. The third-order valence-electron chi connectivity index (χ3n) is 2.60. The second kappa shape index (κ2) is 7.91. The molecule has 0 fully saturated rings. The minimum atomic E-state index is -0.781. The molecule has 0 radical (unpaired) electrons. The van der Waals surface area contributed by atoms with Gasteiger partial charge in [-0.3, -0.25) is 4.79 Å². The number of benzene rings is 1. The van der Waals surface area contributed by atoms with Crippen LogP contribution in [0.3, 0.4) is 0 Å². The van der Waals surface area contributed by atoms with E-state index >= 15 is 0 Å². The first-order valence-electron chi connectivity index (χ1n) is 5.45. The number of carboxylic acids is 1. The number of allylic oxidation sites excluding steroid dienone is 2. The van der Waals surface area contributed by atoms with E-state index in [-0.39, 0.29) is 40.6 Å². The normalized spacial score (nSPS) is 11.2. The molecule has 0 saturated carbocycles. The van der Waals surface area contributed by atoms with E-state index in [1.54, 1.807) is 6.92 Å². The Kier molecular flexibility index (Phi) is 7.76. The maximum absolute atomic E-state index is 10.8. The summed E-state index contributed by atoms with van der Waals surface area (Å²) in [4.78, 5) is 10.8. The fraction of sp³-hybridized carbons (Fsp3) is 0.357. The Morgan fingerprint density at radius 2 is 1.88 bits per heavy atom. The molecular formula is C14H20CaO2. The second-order valence-corrected chi connectivity index (χ2v) is 4.29. The average Bonchev–Trinajstić information content (AvgIpc) is 2.26. The summed E-state index contributed by atoms with van der Waals surface area (Å²) in [5.74, 6) is -1.21. The first-order chi connectivity index (χ1) is 7.50. The Labute approximate surface area is 136 Å².